The third kappa shape index (κ3) is 3.87. The number of carbonyl (C=O) groups is 2. The highest BCUT2D eigenvalue weighted by Gasteiger charge is 2.25. The Hall–Kier alpha value is -1.84. The van der Waals surface area contributed by atoms with E-state index < -0.39 is 0 Å². The predicted molar refractivity (Wildman–Crippen MR) is 87.0 cm³/mol. The summed E-state index contributed by atoms with van der Waals surface area (Å²) in [6, 6.07) is 7.19. The van der Waals surface area contributed by atoms with E-state index in [1.807, 2.05) is 19.1 Å². The predicted octanol–water partition coefficient (Wildman–Crippen LogP) is 3.80. The van der Waals surface area contributed by atoms with Gasteiger partial charge in [0.15, 0.2) is 0 Å². The van der Waals surface area contributed by atoms with E-state index in [1.54, 1.807) is 24.0 Å². The van der Waals surface area contributed by atoms with Crippen LogP contribution in [0.25, 0.3) is 0 Å². The van der Waals surface area contributed by atoms with Crippen LogP contribution in [0.4, 0.5) is 5.69 Å². The van der Waals surface area contributed by atoms with Crippen LogP contribution in [0, 0.1) is 5.92 Å². The number of nitrogens with zero attached hydrogens (tertiary/aromatic N) is 1. The van der Waals surface area contributed by atoms with Crippen LogP contribution in [0.2, 0.25) is 0 Å². The minimum absolute atomic E-state index is 0.103. The van der Waals surface area contributed by atoms with Crippen molar-refractivity contribution < 1.29 is 14.3 Å². The van der Waals surface area contributed by atoms with E-state index >= 15 is 0 Å². The Bertz CT molecular complexity index is 521. The second-order valence-corrected chi connectivity index (χ2v) is 5.73. The molecule has 2 rings (SSSR count). The molecule has 0 aliphatic heterocycles. The SMILES string of the molecule is CCOC(=O)c1ccccc1N(CC)C(=O)CC1CCCC1. The molecule has 0 atom stereocenters. The van der Waals surface area contributed by atoms with Crippen LogP contribution in [-0.4, -0.2) is 25.0 Å². The quantitative estimate of drug-likeness (QED) is 0.751. The highest BCUT2D eigenvalue weighted by molar-refractivity contribution is 6.02. The molecule has 1 saturated carbocycles. The van der Waals surface area contributed by atoms with Crippen LogP contribution in [0.1, 0.15) is 56.3 Å². The smallest absolute Gasteiger partial charge is 0.340 e. The maximum absolute atomic E-state index is 12.6. The fourth-order valence-electron chi connectivity index (χ4n) is 3.14. The van der Waals surface area contributed by atoms with E-state index in [9.17, 15) is 9.59 Å². The maximum Gasteiger partial charge on any atom is 0.340 e. The van der Waals surface area contributed by atoms with Gasteiger partial charge in [0.2, 0.25) is 5.91 Å². The molecule has 0 saturated heterocycles. The Labute approximate surface area is 132 Å². The van der Waals surface area contributed by atoms with Crippen molar-refractivity contribution in [2.75, 3.05) is 18.1 Å². The van der Waals surface area contributed by atoms with Crippen molar-refractivity contribution >= 4 is 17.6 Å². The minimum atomic E-state index is -0.370. The molecule has 1 amide bonds. The van der Waals surface area contributed by atoms with Crippen molar-refractivity contribution in [1.29, 1.82) is 0 Å². The number of rotatable bonds is 6. The van der Waals surface area contributed by atoms with Gasteiger partial charge in [-0.05, 0) is 44.7 Å². The van der Waals surface area contributed by atoms with Gasteiger partial charge in [-0.1, -0.05) is 25.0 Å². The summed E-state index contributed by atoms with van der Waals surface area (Å²) in [5.74, 6) is 0.229. The first-order chi connectivity index (χ1) is 10.7. The summed E-state index contributed by atoms with van der Waals surface area (Å²) in [6.45, 7) is 4.61. The molecule has 0 bridgehead atoms. The molecular weight excluding hydrogens is 278 g/mol. The summed E-state index contributed by atoms with van der Waals surface area (Å²) in [5, 5.41) is 0. The Kier molecular flexibility index (Phi) is 5.99. The summed E-state index contributed by atoms with van der Waals surface area (Å²) >= 11 is 0. The molecule has 1 aromatic carbocycles. The fraction of sp³-hybridized carbons (Fsp3) is 0.556. The summed E-state index contributed by atoms with van der Waals surface area (Å²) in [5.41, 5.74) is 1.12. The molecule has 1 aliphatic rings. The third-order valence-corrected chi connectivity index (χ3v) is 4.25. The second kappa shape index (κ2) is 7.97. The highest BCUT2D eigenvalue weighted by Crippen LogP contribution is 2.30. The van der Waals surface area contributed by atoms with Crippen molar-refractivity contribution in [3.63, 3.8) is 0 Å². The molecule has 0 radical (unpaired) electrons. The number of benzene rings is 1. The van der Waals surface area contributed by atoms with E-state index in [0.717, 1.165) is 12.8 Å². The average Bonchev–Trinajstić information content (AvgIpc) is 3.01. The van der Waals surface area contributed by atoms with Gasteiger partial charge >= 0.3 is 5.97 Å². The number of carbonyl (C=O) groups excluding carboxylic acids is 2. The van der Waals surface area contributed by atoms with Crippen molar-refractivity contribution in [1.82, 2.24) is 0 Å². The Morgan fingerprint density at radius 2 is 1.86 bits per heavy atom. The highest BCUT2D eigenvalue weighted by atomic mass is 16.5. The van der Waals surface area contributed by atoms with Crippen LogP contribution < -0.4 is 4.90 Å². The minimum Gasteiger partial charge on any atom is -0.462 e. The molecule has 0 unspecified atom stereocenters. The zero-order valence-electron chi connectivity index (χ0n) is 13.5. The zero-order valence-corrected chi connectivity index (χ0v) is 13.5. The molecule has 22 heavy (non-hydrogen) atoms. The standard InChI is InChI=1S/C18H25NO3/c1-3-19(17(20)13-14-9-5-6-10-14)16-12-8-7-11-15(16)18(21)22-4-2/h7-8,11-12,14H,3-6,9-10,13H2,1-2H3. The molecule has 0 spiro atoms. The lowest BCUT2D eigenvalue weighted by Crippen LogP contribution is -2.33. The molecule has 0 N–H and O–H groups in total. The lowest BCUT2D eigenvalue weighted by Gasteiger charge is -2.24. The second-order valence-electron chi connectivity index (χ2n) is 5.73. The monoisotopic (exact) mass is 303 g/mol. The molecule has 0 aromatic heterocycles. The lowest BCUT2D eigenvalue weighted by molar-refractivity contribution is -0.119. The molecule has 1 fully saturated rings. The van der Waals surface area contributed by atoms with Gasteiger partial charge in [-0.3, -0.25) is 4.79 Å². The van der Waals surface area contributed by atoms with E-state index in [2.05, 4.69) is 0 Å². The van der Waals surface area contributed by atoms with Crippen LogP contribution in [-0.2, 0) is 9.53 Å². The maximum atomic E-state index is 12.6. The van der Waals surface area contributed by atoms with Crippen molar-refractivity contribution in [2.24, 2.45) is 5.92 Å². The van der Waals surface area contributed by atoms with Crippen molar-refractivity contribution in [3.8, 4) is 0 Å². The van der Waals surface area contributed by atoms with E-state index in [-0.39, 0.29) is 11.9 Å². The average molecular weight is 303 g/mol. The van der Waals surface area contributed by atoms with Crippen LogP contribution in [0.15, 0.2) is 24.3 Å². The van der Waals surface area contributed by atoms with Gasteiger partial charge < -0.3 is 9.64 Å². The topological polar surface area (TPSA) is 46.6 Å². The zero-order chi connectivity index (χ0) is 15.9. The summed E-state index contributed by atoms with van der Waals surface area (Å²) < 4.78 is 5.10. The normalized spacial score (nSPS) is 14.8. The van der Waals surface area contributed by atoms with Gasteiger partial charge in [0.1, 0.15) is 0 Å². The Morgan fingerprint density at radius 1 is 1.18 bits per heavy atom. The van der Waals surface area contributed by atoms with Crippen LogP contribution >= 0.6 is 0 Å². The van der Waals surface area contributed by atoms with E-state index in [0.29, 0.717) is 36.7 Å². The number of ether oxygens (including phenoxy) is 1. The van der Waals surface area contributed by atoms with Crippen molar-refractivity contribution in [2.45, 2.75) is 46.0 Å². The van der Waals surface area contributed by atoms with Gasteiger partial charge in [-0.25, -0.2) is 4.79 Å². The fourth-order valence-corrected chi connectivity index (χ4v) is 3.14. The molecule has 120 valence electrons. The number of hydrogen-bond acceptors (Lipinski definition) is 3. The molecule has 4 nitrogen and oxygen atoms in total. The Morgan fingerprint density at radius 3 is 2.50 bits per heavy atom. The summed E-state index contributed by atoms with van der Waals surface area (Å²) in [6.07, 6.45) is 5.31. The number of anilines is 1. The number of para-hydroxylation sites is 1. The molecule has 4 heteroatoms. The largest absolute Gasteiger partial charge is 0.462 e. The Balaban J connectivity index is 2.19. The van der Waals surface area contributed by atoms with E-state index in [1.165, 1.54) is 12.8 Å². The van der Waals surface area contributed by atoms with Gasteiger partial charge in [0, 0.05) is 13.0 Å². The first-order valence-corrected chi connectivity index (χ1v) is 8.23. The number of esters is 1. The summed E-state index contributed by atoms with van der Waals surface area (Å²) in [7, 11) is 0. The van der Waals surface area contributed by atoms with E-state index in [4.69, 9.17) is 4.74 Å². The first kappa shape index (κ1) is 16.5. The molecule has 1 aromatic rings. The molecule has 0 heterocycles. The van der Waals surface area contributed by atoms with Gasteiger partial charge in [0.05, 0.1) is 17.9 Å². The van der Waals surface area contributed by atoms with Gasteiger partial charge in [0.25, 0.3) is 0 Å². The molecular formula is C18H25NO3. The summed E-state index contributed by atoms with van der Waals surface area (Å²) in [4.78, 5) is 26.4. The lowest BCUT2D eigenvalue weighted by atomic mass is 10.0. The van der Waals surface area contributed by atoms with Crippen LogP contribution in [0.5, 0.6) is 0 Å². The van der Waals surface area contributed by atoms with Crippen LogP contribution in [0.3, 0.4) is 0 Å². The third-order valence-electron chi connectivity index (χ3n) is 4.25. The molecule has 1 aliphatic carbocycles. The first-order valence-electron chi connectivity index (χ1n) is 8.23. The van der Waals surface area contributed by atoms with Crippen molar-refractivity contribution in [3.05, 3.63) is 29.8 Å². The van der Waals surface area contributed by atoms with Gasteiger partial charge in [-0.2, -0.15) is 0 Å². The van der Waals surface area contributed by atoms with Gasteiger partial charge in [-0.15, -0.1) is 0 Å². The number of amides is 1. The number of hydrogen-bond donors (Lipinski definition) is 0.